The highest BCUT2D eigenvalue weighted by molar-refractivity contribution is 7.45. The quantitative estimate of drug-likeness (QED) is 0.0195. The van der Waals surface area contributed by atoms with Crippen LogP contribution in [0.1, 0.15) is 335 Å². The van der Waals surface area contributed by atoms with Gasteiger partial charge in [0.25, 0.3) is 7.82 Å². The number of hydrogen-bond donors (Lipinski definition) is 0. The van der Waals surface area contributed by atoms with Gasteiger partial charge in [-0.1, -0.05) is 335 Å². The molecule has 0 N–H and O–H groups in total. The molecule has 0 rings (SSSR count). The number of phosphoric ester groups is 1. The Morgan fingerprint density at radius 2 is 0.600 bits per heavy atom. The van der Waals surface area contributed by atoms with Crippen molar-refractivity contribution < 1.29 is 42.1 Å². The van der Waals surface area contributed by atoms with Crippen LogP contribution in [-0.4, -0.2) is 70.0 Å². The molecule has 90 heavy (non-hydrogen) atoms. The second-order valence-electron chi connectivity index (χ2n) is 26.3. The van der Waals surface area contributed by atoms with Crippen molar-refractivity contribution in [2.45, 2.75) is 341 Å². The number of likely N-dealkylation sites (N-methyl/N-ethyl adjacent to an activating group) is 1. The molecule has 0 radical (unpaired) electrons. The zero-order valence-corrected chi connectivity index (χ0v) is 60.2. The van der Waals surface area contributed by atoms with Crippen molar-refractivity contribution in [3.05, 3.63) is 109 Å². The van der Waals surface area contributed by atoms with Crippen molar-refractivity contribution in [2.24, 2.45) is 0 Å². The first-order valence-electron chi connectivity index (χ1n) is 37.6. The van der Waals surface area contributed by atoms with Crippen molar-refractivity contribution in [1.29, 1.82) is 0 Å². The van der Waals surface area contributed by atoms with E-state index in [1.807, 2.05) is 21.1 Å². The molecule has 0 aliphatic carbocycles. The molecule has 2 unspecified atom stereocenters. The molecule has 2 atom stereocenters. The Hall–Kier alpha value is -3.33. The van der Waals surface area contributed by atoms with Crippen LogP contribution in [0.4, 0.5) is 0 Å². The molecule has 0 aliphatic rings. The zero-order valence-electron chi connectivity index (χ0n) is 59.3. The lowest BCUT2D eigenvalue weighted by Gasteiger charge is -2.28. The first-order valence-corrected chi connectivity index (χ1v) is 39.1. The molecular weight excluding hydrogens is 1130 g/mol. The van der Waals surface area contributed by atoms with Crippen molar-refractivity contribution in [3.63, 3.8) is 0 Å². The predicted molar refractivity (Wildman–Crippen MR) is 388 cm³/mol. The minimum absolute atomic E-state index is 0.0320. The standard InChI is InChI=1S/C80H142NO8P/c1-6-8-10-12-14-16-18-20-22-24-26-28-30-32-34-36-38-40-42-44-46-48-50-52-54-56-58-60-62-64-66-68-70-72-79(82)86-76-78(77-88-90(84,85)87-75-74-81(3,4)5)89-80(83)73-71-69-67-65-63-61-59-57-55-53-51-49-47-45-43-41-39-37-35-33-31-29-27-25-23-21-19-17-15-13-11-9-7-2/h8-11,14-17,20-23,26-29,33,35,78H,6-7,12-13,18-19,24-25,30-32,34,36-77H2,1-5H3/b10-8-,11-9-,16-14-,17-15-,22-20-,23-21-,28-26-,29-27-,35-33-. The summed E-state index contributed by atoms with van der Waals surface area (Å²) in [7, 11) is 1.17. The lowest BCUT2D eigenvalue weighted by atomic mass is 10.0. The lowest BCUT2D eigenvalue weighted by molar-refractivity contribution is -0.870. The van der Waals surface area contributed by atoms with Crippen LogP contribution in [0.25, 0.3) is 0 Å². The van der Waals surface area contributed by atoms with Crippen LogP contribution >= 0.6 is 7.82 Å². The first kappa shape index (κ1) is 86.7. The van der Waals surface area contributed by atoms with E-state index in [-0.39, 0.29) is 32.0 Å². The number of ether oxygens (including phenoxy) is 2. The number of allylic oxidation sites excluding steroid dienone is 18. The Morgan fingerprint density at radius 1 is 0.344 bits per heavy atom. The molecule has 0 heterocycles. The van der Waals surface area contributed by atoms with Gasteiger partial charge in [-0.15, -0.1) is 0 Å². The molecule has 10 heteroatoms. The number of esters is 2. The molecule has 0 saturated carbocycles. The summed E-state index contributed by atoms with van der Waals surface area (Å²) in [5.41, 5.74) is 0. The third-order valence-corrected chi connectivity index (χ3v) is 17.3. The molecule has 0 spiro atoms. The molecule has 520 valence electrons. The maximum atomic E-state index is 12.9. The van der Waals surface area contributed by atoms with Crippen molar-refractivity contribution in [2.75, 3.05) is 47.5 Å². The summed E-state index contributed by atoms with van der Waals surface area (Å²) in [4.78, 5) is 38.1. The summed E-state index contributed by atoms with van der Waals surface area (Å²) < 4.78 is 34.4. The number of phosphoric acid groups is 1. The van der Waals surface area contributed by atoms with E-state index in [0.29, 0.717) is 17.4 Å². The molecular formula is C80H142NO8P. The van der Waals surface area contributed by atoms with E-state index in [2.05, 4.69) is 123 Å². The number of quaternary nitrogens is 1. The third kappa shape index (κ3) is 73.7. The van der Waals surface area contributed by atoms with E-state index < -0.39 is 26.5 Å². The van der Waals surface area contributed by atoms with Crippen LogP contribution < -0.4 is 4.89 Å². The maximum absolute atomic E-state index is 12.9. The van der Waals surface area contributed by atoms with Crippen LogP contribution in [0.2, 0.25) is 0 Å². The molecule has 0 bridgehead atoms. The number of carbonyl (C=O) groups is 2. The third-order valence-electron chi connectivity index (χ3n) is 16.3. The van der Waals surface area contributed by atoms with E-state index in [9.17, 15) is 19.0 Å². The Morgan fingerprint density at radius 3 is 0.889 bits per heavy atom. The van der Waals surface area contributed by atoms with E-state index in [0.717, 1.165) is 96.3 Å². The topological polar surface area (TPSA) is 111 Å². The molecule has 9 nitrogen and oxygen atoms in total. The van der Waals surface area contributed by atoms with Gasteiger partial charge in [-0.3, -0.25) is 14.2 Å². The maximum Gasteiger partial charge on any atom is 0.306 e. The zero-order chi connectivity index (χ0) is 65.5. The smallest absolute Gasteiger partial charge is 0.306 e. The number of rotatable bonds is 69. The van der Waals surface area contributed by atoms with Crippen LogP contribution in [0.5, 0.6) is 0 Å². The summed E-state index contributed by atoms with van der Waals surface area (Å²) in [6.07, 6.45) is 99.0. The fourth-order valence-corrected chi connectivity index (χ4v) is 11.3. The fraction of sp³-hybridized carbons (Fsp3) is 0.750. The minimum Gasteiger partial charge on any atom is -0.756 e. The van der Waals surface area contributed by atoms with Gasteiger partial charge < -0.3 is 27.9 Å². The van der Waals surface area contributed by atoms with Gasteiger partial charge in [-0.25, -0.2) is 0 Å². The highest BCUT2D eigenvalue weighted by atomic mass is 31.2. The summed E-state index contributed by atoms with van der Waals surface area (Å²) in [5.74, 6) is -0.820. The Balaban J connectivity index is 3.98. The second kappa shape index (κ2) is 70.0. The van der Waals surface area contributed by atoms with Crippen LogP contribution in [0.15, 0.2) is 109 Å². The minimum atomic E-state index is -4.65. The molecule has 0 aliphatic heterocycles. The van der Waals surface area contributed by atoms with Gasteiger partial charge in [0, 0.05) is 12.8 Å². The highest BCUT2D eigenvalue weighted by Gasteiger charge is 2.22. The molecule has 0 fully saturated rings. The highest BCUT2D eigenvalue weighted by Crippen LogP contribution is 2.38. The van der Waals surface area contributed by atoms with E-state index in [4.69, 9.17) is 18.5 Å². The Kier molecular flexibility index (Phi) is 67.4. The van der Waals surface area contributed by atoms with Crippen molar-refractivity contribution >= 4 is 19.8 Å². The average molecular weight is 1280 g/mol. The fourth-order valence-electron chi connectivity index (χ4n) is 10.6. The lowest BCUT2D eigenvalue weighted by Crippen LogP contribution is -2.37. The van der Waals surface area contributed by atoms with Crippen LogP contribution in [0.3, 0.4) is 0 Å². The molecule has 0 saturated heterocycles. The summed E-state index contributed by atoms with van der Waals surface area (Å²) in [6.45, 7) is 4.06. The molecule has 0 amide bonds. The summed E-state index contributed by atoms with van der Waals surface area (Å²) >= 11 is 0. The van der Waals surface area contributed by atoms with Gasteiger partial charge in [0.1, 0.15) is 19.8 Å². The van der Waals surface area contributed by atoms with Crippen molar-refractivity contribution in [3.8, 4) is 0 Å². The number of hydrogen-bond acceptors (Lipinski definition) is 8. The van der Waals surface area contributed by atoms with Gasteiger partial charge in [0.05, 0.1) is 27.7 Å². The molecule has 0 aromatic carbocycles. The normalized spacial score (nSPS) is 13.7. The number of carbonyl (C=O) groups excluding carboxylic acids is 2. The van der Waals surface area contributed by atoms with Gasteiger partial charge in [-0.05, 0) is 96.3 Å². The number of nitrogens with zero attached hydrogens (tertiary/aromatic N) is 1. The average Bonchev–Trinajstić information content (AvgIpc) is 3.58. The predicted octanol–water partition coefficient (Wildman–Crippen LogP) is 24.2. The Labute approximate surface area is 556 Å². The van der Waals surface area contributed by atoms with E-state index >= 15 is 0 Å². The van der Waals surface area contributed by atoms with Crippen LogP contribution in [-0.2, 0) is 32.7 Å². The van der Waals surface area contributed by atoms with E-state index in [1.165, 1.54) is 205 Å². The van der Waals surface area contributed by atoms with Gasteiger partial charge >= 0.3 is 11.9 Å². The molecule has 0 aromatic rings. The Bertz CT molecular complexity index is 1890. The summed E-state index contributed by atoms with van der Waals surface area (Å²) in [6, 6.07) is 0. The van der Waals surface area contributed by atoms with E-state index in [1.54, 1.807) is 0 Å². The monoisotopic (exact) mass is 1280 g/mol. The first-order chi connectivity index (χ1) is 44.0. The largest absolute Gasteiger partial charge is 0.756 e. The van der Waals surface area contributed by atoms with Gasteiger partial charge in [0.2, 0.25) is 0 Å². The number of unbranched alkanes of at least 4 members (excludes halogenated alkanes) is 37. The summed E-state index contributed by atoms with van der Waals surface area (Å²) in [5, 5.41) is 0. The second-order valence-corrected chi connectivity index (χ2v) is 27.7. The molecule has 0 aromatic heterocycles. The van der Waals surface area contributed by atoms with Crippen molar-refractivity contribution in [1.82, 2.24) is 0 Å². The SMILES string of the molecule is CC/C=C\C/C=C\C/C=C\C/C=C\C/C=C\CCCCCCCCCCCCCCCCCCCC(=O)OC(COC(=O)CCCCCCCCCCCCCCCCCCCCCC/C=C\C/C=C\C/C=C\C/C=C\CC)COP(=O)([O-])OCC[N+](C)(C)C. The van der Waals surface area contributed by atoms with Crippen LogP contribution in [0, 0.1) is 0 Å². The van der Waals surface area contributed by atoms with Gasteiger partial charge in [-0.2, -0.15) is 0 Å². The van der Waals surface area contributed by atoms with Gasteiger partial charge in [0.15, 0.2) is 6.10 Å².